The van der Waals surface area contributed by atoms with E-state index in [0.29, 0.717) is 17.9 Å². The molecule has 0 bridgehead atoms. The largest absolute Gasteiger partial charge is 0.318 e. The lowest BCUT2D eigenvalue weighted by Gasteiger charge is -2.04. The molecule has 0 spiro atoms. The number of fused-ring (bicyclic) bond motifs is 1. The van der Waals surface area contributed by atoms with E-state index in [1.165, 1.54) is 0 Å². The third kappa shape index (κ3) is 3.88. The molecule has 5 aromatic rings. The van der Waals surface area contributed by atoms with E-state index in [1.54, 1.807) is 33.9 Å². The highest BCUT2D eigenvalue weighted by Gasteiger charge is 2.17. The first kappa shape index (κ1) is 20.6. The van der Waals surface area contributed by atoms with Gasteiger partial charge in [-0.1, -0.05) is 0 Å². The van der Waals surface area contributed by atoms with Gasteiger partial charge in [0.15, 0.2) is 11.3 Å². The number of carbonyl (C=O) groups is 1. The molecule has 1 amide bonds. The van der Waals surface area contributed by atoms with Crippen LogP contribution >= 0.6 is 0 Å². The summed E-state index contributed by atoms with van der Waals surface area (Å²) in [5.74, 6) is -0.328. The fourth-order valence-electron chi connectivity index (χ4n) is 3.78. The molecule has 1 N–H and O–H groups in total. The van der Waals surface area contributed by atoms with Gasteiger partial charge in [0, 0.05) is 54.6 Å². The van der Waals surface area contributed by atoms with Crippen LogP contribution in [0, 0.1) is 6.92 Å². The van der Waals surface area contributed by atoms with Gasteiger partial charge >= 0.3 is 0 Å². The van der Waals surface area contributed by atoms with E-state index in [0.717, 1.165) is 35.6 Å². The smallest absolute Gasteiger partial charge is 0.276 e. The number of aryl methyl sites for hydroxylation is 2. The van der Waals surface area contributed by atoms with Crippen molar-refractivity contribution in [3.05, 3.63) is 66.3 Å². The Labute approximate surface area is 189 Å². The highest BCUT2D eigenvalue weighted by atomic mass is 16.2. The summed E-state index contributed by atoms with van der Waals surface area (Å²) >= 11 is 0. The number of nitrogens with one attached hydrogen (secondary N) is 1. The summed E-state index contributed by atoms with van der Waals surface area (Å²) < 4.78 is 7.21. The molecular weight excluding hydrogens is 420 g/mol. The van der Waals surface area contributed by atoms with Crippen molar-refractivity contribution in [3.63, 3.8) is 0 Å². The molecule has 0 radical (unpaired) electrons. The normalized spacial score (nSPS) is 11.4. The van der Waals surface area contributed by atoms with E-state index in [9.17, 15) is 4.79 Å². The van der Waals surface area contributed by atoms with E-state index in [2.05, 4.69) is 30.7 Å². The molecule has 0 atom stereocenters. The fraction of sp³-hybridized carbons (Fsp3) is 0.273. The summed E-state index contributed by atoms with van der Waals surface area (Å²) in [6.45, 7) is 8.26. The number of anilines is 1. The third-order valence-corrected chi connectivity index (χ3v) is 5.52. The zero-order chi connectivity index (χ0) is 22.9. The van der Waals surface area contributed by atoms with Gasteiger partial charge in [-0.2, -0.15) is 20.4 Å². The summed E-state index contributed by atoms with van der Waals surface area (Å²) in [5, 5.41) is 20.4. The van der Waals surface area contributed by atoms with Crippen LogP contribution in [0.25, 0.3) is 16.9 Å². The number of rotatable bonds is 7. The van der Waals surface area contributed by atoms with E-state index in [-0.39, 0.29) is 11.6 Å². The third-order valence-electron chi connectivity index (χ3n) is 5.52. The molecule has 5 aromatic heterocycles. The lowest BCUT2D eigenvalue weighted by Crippen LogP contribution is -2.12. The van der Waals surface area contributed by atoms with Gasteiger partial charge < -0.3 is 5.32 Å². The number of nitrogens with zero attached hydrogens (tertiary/aromatic N) is 9. The Bertz CT molecular complexity index is 1440. The maximum Gasteiger partial charge on any atom is 0.276 e. The molecule has 11 heteroatoms. The maximum atomic E-state index is 12.9. The van der Waals surface area contributed by atoms with Crippen molar-refractivity contribution >= 4 is 17.2 Å². The highest BCUT2D eigenvalue weighted by Crippen LogP contribution is 2.23. The van der Waals surface area contributed by atoms with Gasteiger partial charge in [-0.3, -0.25) is 18.8 Å². The van der Waals surface area contributed by atoms with Crippen molar-refractivity contribution < 1.29 is 4.79 Å². The summed E-state index contributed by atoms with van der Waals surface area (Å²) in [6.07, 6.45) is 10.7. The van der Waals surface area contributed by atoms with Crippen molar-refractivity contribution in [3.8, 4) is 11.3 Å². The summed E-state index contributed by atoms with van der Waals surface area (Å²) in [5.41, 5.74) is 5.30. The minimum Gasteiger partial charge on any atom is -0.318 e. The molecule has 0 aliphatic rings. The molecule has 0 aliphatic carbocycles. The quantitative estimate of drug-likeness (QED) is 0.413. The lowest BCUT2D eigenvalue weighted by molar-refractivity contribution is 0.102. The molecule has 0 saturated heterocycles. The van der Waals surface area contributed by atoms with Crippen molar-refractivity contribution in [1.82, 2.24) is 43.9 Å². The van der Waals surface area contributed by atoms with Crippen LogP contribution in [0.15, 0.2) is 49.3 Å². The van der Waals surface area contributed by atoms with Gasteiger partial charge in [-0.05, 0) is 26.8 Å². The summed E-state index contributed by atoms with van der Waals surface area (Å²) in [6, 6.07) is 3.54. The molecule has 168 valence electrons. The Morgan fingerprint density at radius 3 is 2.64 bits per heavy atom. The van der Waals surface area contributed by atoms with E-state index in [4.69, 9.17) is 0 Å². The second-order valence-corrected chi connectivity index (χ2v) is 7.67. The molecule has 0 unspecified atom stereocenters. The first-order valence-electron chi connectivity index (χ1n) is 10.8. The van der Waals surface area contributed by atoms with Crippen LogP contribution in [-0.2, 0) is 19.6 Å². The topological polar surface area (TPSA) is 113 Å². The zero-order valence-electron chi connectivity index (χ0n) is 18.7. The van der Waals surface area contributed by atoms with Crippen LogP contribution in [-0.4, -0.2) is 49.8 Å². The number of carbonyl (C=O) groups excluding carboxylic acids is 1. The molecule has 11 nitrogen and oxygen atoms in total. The van der Waals surface area contributed by atoms with Crippen LogP contribution in [0.2, 0.25) is 0 Å². The van der Waals surface area contributed by atoms with Gasteiger partial charge in [-0.15, -0.1) is 0 Å². The standard InChI is InChI=1S/C22H24N10O/c1-4-29-12-16(9-24-29)13-30-14-17(10-25-30)27-22(33)19-8-21-23-7-6-20(32(21)28-19)18-11-26-31(5-2)15(18)3/h6-12,14H,4-5,13H2,1-3H3,(H,27,33). The summed E-state index contributed by atoms with van der Waals surface area (Å²) in [7, 11) is 0. The Kier molecular flexibility index (Phi) is 5.21. The molecule has 0 saturated carbocycles. The monoisotopic (exact) mass is 444 g/mol. The number of hydrogen-bond donors (Lipinski definition) is 1. The van der Waals surface area contributed by atoms with Crippen molar-refractivity contribution in [2.24, 2.45) is 0 Å². The molecule has 5 heterocycles. The molecule has 5 rings (SSSR count). The van der Waals surface area contributed by atoms with Crippen LogP contribution in [0.3, 0.4) is 0 Å². The average molecular weight is 445 g/mol. The van der Waals surface area contributed by atoms with Gasteiger partial charge in [0.05, 0.1) is 36.5 Å². The number of aromatic nitrogens is 9. The molecule has 0 aliphatic heterocycles. The zero-order valence-corrected chi connectivity index (χ0v) is 18.7. The fourth-order valence-corrected chi connectivity index (χ4v) is 3.78. The maximum absolute atomic E-state index is 12.9. The predicted molar refractivity (Wildman–Crippen MR) is 122 cm³/mol. The molecular formula is C22H24N10O. The Hall–Kier alpha value is -4.28. The van der Waals surface area contributed by atoms with Crippen molar-refractivity contribution in [1.29, 1.82) is 0 Å². The van der Waals surface area contributed by atoms with Gasteiger partial charge in [0.2, 0.25) is 0 Å². The molecule has 0 aromatic carbocycles. The highest BCUT2D eigenvalue weighted by molar-refractivity contribution is 6.03. The Morgan fingerprint density at radius 1 is 1.03 bits per heavy atom. The second kappa shape index (κ2) is 8.34. The van der Waals surface area contributed by atoms with Gasteiger partial charge in [0.1, 0.15) is 0 Å². The van der Waals surface area contributed by atoms with Crippen LogP contribution < -0.4 is 5.32 Å². The lowest BCUT2D eigenvalue weighted by atomic mass is 10.2. The van der Waals surface area contributed by atoms with E-state index < -0.39 is 0 Å². The van der Waals surface area contributed by atoms with Crippen LogP contribution in [0.4, 0.5) is 5.69 Å². The minimum absolute atomic E-state index is 0.271. The average Bonchev–Trinajstić information content (AvgIpc) is 3.60. The number of amides is 1. The SMILES string of the molecule is CCn1cc(Cn2cc(NC(=O)c3cc4nccc(-c5cnn(CC)c5C)n4n3)cn2)cn1. The van der Waals surface area contributed by atoms with E-state index in [1.807, 2.05) is 54.8 Å². The summed E-state index contributed by atoms with van der Waals surface area (Å²) in [4.78, 5) is 17.2. The van der Waals surface area contributed by atoms with Crippen LogP contribution in [0.1, 0.15) is 35.6 Å². The Morgan fingerprint density at radius 2 is 1.88 bits per heavy atom. The predicted octanol–water partition coefficient (Wildman–Crippen LogP) is 2.63. The Balaban J connectivity index is 1.36. The van der Waals surface area contributed by atoms with Gasteiger partial charge in [0.25, 0.3) is 5.91 Å². The first-order valence-corrected chi connectivity index (χ1v) is 10.8. The van der Waals surface area contributed by atoms with Crippen LogP contribution in [0.5, 0.6) is 0 Å². The minimum atomic E-state index is -0.328. The molecule has 33 heavy (non-hydrogen) atoms. The second-order valence-electron chi connectivity index (χ2n) is 7.67. The van der Waals surface area contributed by atoms with E-state index >= 15 is 0 Å². The van der Waals surface area contributed by atoms with Crippen molar-refractivity contribution in [2.75, 3.05) is 5.32 Å². The number of hydrogen-bond acceptors (Lipinski definition) is 6. The first-order chi connectivity index (χ1) is 16.1. The van der Waals surface area contributed by atoms with Crippen molar-refractivity contribution in [2.45, 2.75) is 40.4 Å². The molecule has 0 fully saturated rings. The van der Waals surface area contributed by atoms with Gasteiger partial charge in [-0.25, -0.2) is 9.50 Å².